The van der Waals surface area contributed by atoms with Gasteiger partial charge in [-0.05, 0) is 38.5 Å². The molecule has 10 nitrogen and oxygen atoms in total. The lowest BCUT2D eigenvalue weighted by atomic mass is 9.89. The molecule has 0 radical (unpaired) electrons. The van der Waals surface area contributed by atoms with E-state index in [9.17, 15) is 14.5 Å². The summed E-state index contributed by atoms with van der Waals surface area (Å²) >= 11 is 0. The molecule has 0 spiro atoms. The summed E-state index contributed by atoms with van der Waals surface area (Å²) in [6.45, 7) is 6.10. The molecule has 0 unspecified atom stereocenters. The van der Waals surface area contributed by atoms with E-state index in [0.29, 0.717) is 12.1 Å². The number of benzene rings is 3. The van der Waals surface area contributed by atoms with Crippen LogP contribution in [0.25, 0.3) is 43.6 Å². The van der Waals surface area contributed by atoms with E-state index in [1.54, 1.807) is 13.8 Å². The van der Waals surface area contributed by atoms with E-state index in [0.717, 1.165) is 49.2 Å². The first-order chi connectivity index (χ1) is 20.3. The van der Waals surface area contributed by atoms with Gasteiger partial charge >= 0.3 is 7.60 Å². The predicted molar refractivity (Wildman–Crippen MR) is 159 cm³/mol. The average Bonchev–Trinajstić information content (AvgIpc) is 3.65. The number of carbonyl (C=O) groups is 1. The Morgan fingerprint density at radius 3 is 2.40 bits per heavy atom. The van der Waals surface area contributed by atoms with Gasteiger partial charge in [0.25, 0.3) is 5.91 Å². The van der Waals surface area contributed by atoms with Gasteiger partial charge in [0, 0.05) is 34.5 Å². The van der Waals surface area contributed by atoms with Crippen molar-refractivity contribution in [3.8, 4) is 0 Å². The summed E-state index contributed by atoms with van der Waals surface area (Å²) < 4.78 is 41.1. The fourth-order valence-corrected chi connectivity index (χ4v) is 8.87. The lowest BCUT2D eigenvalue weighted by molar-refractivity contribution is -0.194. The Balaban J connectivity index is 1.41. The molecule has 2 N–H and O–H groups in total. The zero-order chi connectivity index (χ0) is 29.0. The van der Waals surface area contributed by atoms with E-state index < -0.39 is 25.1 Å². The van der Waals surface area contributed by atoms with E-state index in [1.807, 2.05) is 49.4 Å². The van der Waals surface area contributed by atoms with E-state index in [-0.39, 0.29) is 38.5 Å². The lowest BCUT2D eigenvalue weighted by Gasteiger charge is -2.39. The van der Waals surface area contributed by atoms with Crippen LogP contribution < -0.4 is 5.32 Å². The van der Waals surface area contributed by atoms with Gasteiger partial charge < -0.3 is 38.1 Å². The Morgan fingerprint density at radius 2 is 1.69 bits per heavy atom. The maximum Gasteiger partial charge on any atom is 0.356 e. The second-order valence-corrected chi connectivity index (χ2v) is 13.4. The van der Waals surface area contributed by atoms with Gasteiger partial charge in [-0.3, -0.25) is 9.36 Å². The van der Waals surface area contributed by atoms with Crippen LogP contribution in [0.4, 0.5) is 0 Å². The first-order valence-electron chi connectivity index (χ1n) is 14.4. The molecule has 3 aliphatic rings. The molecular weight excluding hydrogens is 557 g/mol. The first-order valence-corrected chi connectivity index (χ1v) is 16.1. The number of hydrogen-bond acceptors (Lipinski definition) is 7. The van der Waals surface area contributed by atoms with Gasteiger partial charge in [-0.15, -0.1) is 0 Å². The zero-order valence-electron chi connectivity index (χ0n) is 23.7. The smallest absolute Gasteiger partial charge is 0.356 e. The molecule has 3 atom stereocenters. The Bertz CT molecular complexity index is 2000. The molecule has 5 heterocycles. The summed E-state index contributed by atoms with van der Waals surface area (Å²) in [7, 11) is -3.49. The van der Waals surface area contributed by atoms with Crippen molar-refractivity contribution in [2.24, 2.45) is 0 Å². The maximum absolute atomic E-state index is 13.4. The molecule has 1 amide bonds. The van der Waals surface area contributed by atoms with Gasteiger partial charge in [0.2, 0.25) is 0 Å². The van der Waals surface area contributed by atoms with Crippen molar-refractivity contribution in [1.29, 1.82) is 0 Å². The van der Waals surface area contributed by atoms with Crippen molar-refractivity contribution in [1.82, 2.24) is 14.5 Å². The van der Waals surface area contributed by atoms with Crippen LogP contribution >= 0.6 is 7.60 Å². The van der Waals surface area contributed by atoms with Gasteiger partial charge in [-0.2, -0.15) is 0 Å². The molecule has 3 aliphatic heterocycles. The van der Waals surface area contributed by atoms with Crippen LogP contribution in [0, 0.1) is 0 Å². The Hall–Kier alpha value is -3.24. The summed E-state index contributed by atoms with van der Waals surface area (Å²) in [5.74, 6) is -0.0777. The third-order valence-corrected chi connectivity index (χ3v) is 11.0. The quantitative estimate of drug-likeness (QED) is 0.223. The van der Waals surface area contributed by atoms with Crippen LogP contribution in [0.15, 0.2) is 48.5 Å². The number of hydrogen-bond donors (Lipinski definition) is 2. The Morgan fingerprint density at radius 1 is 1.02 bits per heavy atom. The number of fused-ring (bicyclic) bond motifs is 13. The highest BCUT2D eigenvalue weighted by atomic mass is 31.2. The second kappa shape index (κ2) is 8.89. The molecule has 0 aliphatic carbocycles. The van der Waals surface area contributed by atoms with Crippen molar-refractivity contribution in [3.05, 3.63) is 59.7 Å². The Labute approximate surface area is 241 Å². The number of nitrogens with zero attached hydrogens (tertiary/aromatic N) is 2. The fourth-order valence-electron chi connectivity index (χ4n) is 7.55. The van der Waals surface area contributed by atoms with Crippen LogP contribution in [-0.4, -0.2) is 51.9 Å². The molecule has 42 heavy (non-hydrogen) atoms. The topological polar surface area (TPSA) is 113 Å². The van der Waals surface area contributed by atoms with Crippen LogP contribution in [-0.2, 0) is 35.4 Å². The Kier molecular flexibility index (Phi) is 5.59. The molecule has 5 aromatic rings. The third-order valence-electron chi connectivity index (χ3n) is 9.21. The van der Waals surface area contributed by atoms with Gasteiger partial charge in [-0.1, -0.05) is 36.4 Å². The van der Waals surface area contributed by atoms with Crippen molar-refractivity contribution in [3.63, 3.8) is 0 Å². The van der Waals surface area contributed by atoms with Crippen molar-refractivity contribution in [2.75, 3.05) is 26.2 Å². The summed E-state index contributed by atoms with van der Waals surface area (Å²) in [5, 5.41) is 19.4. The number of ether oxygens (including phenoxy) is 2. The third kappa shape index (κ3) is 3.22. The molecule has 2 aromatic heterocycles. The molecule has 218 valence electrons. The van der Waals surface area contributed by atoms with Crippen LogP contribution in [0.3, 0.4) is 0 Å². The SMILES string of the molecule is CCOP(=O)(COC[C@@]1(O)C[C@H]2O[C@]1(C)n1c3ccccc3c3c4c(c5c6ccccc6n2c5c31)C(=O)NC4)OCC. The van der Waals surface area contributed by atoms with Crippen LogP contribution in [0.1, 0.15) is 49.3 Å². The molecule has 8 rings (SSSR count). The molecular formula is C31H32N3O7P. The predicted octanol–water partition coefficient (Wildman–Crippen LogP) is 5.72. The summed E-state index contributed by atoms with van der Waals surface area (Å²) in [4.78, 5) is 13.4. The average molecular weight is 590 g/mol. The number of aliphatic hydroxyl groups is 1. The minimum absolute atomic E-state index is 0.0777. The van der Waals surface area contributed by atoms with Crippen LogP contribution in [0.2, 0.25) is 0 Å². The summed E-state index contributed by atoms with van der Waals surface area (Å²) in [6.07, 6.45) is -0.628. The minimum Gasteiger partial charge on any atom is -0.382 e. The van der Waals surface area contributed by atoms with E-state index in [1.165, 1.54) is 0 Å². The van der Waals surface area contributed by atoms with Crippen LogP contribution in [0.5, 0.6) is 0 Å². The molecule has 0 saturated carbocycles. The highest BCUT2D eigenvalue weighted by Gasteiger charge is 2.61. The number of nitrogens with one attached hydrogen (secondary N) is 1. The number of rotatable bonds is 8. The summed E-state index contributed by atoms with van der Waals surface area (Å²) in [5.41, 5.74) is 2.53. The number of carbonyl (C=O) groups excluding carboxylic acids is 1. The van der Waals surface area contributed by atoms with E-state index in [4.69, 9.17) is 18.5 Å². The highest BCUT2D eigenvalue weighted by Crippen LogP contribution is 2.58. The molecule has 2 bridgehead atoms. The second-order valence-electron chi connectivity index (χ2n) is 11.4. The van der Waals surface area contributed by atoms with Crippen molar-refractivity contribution >= 4 is 57.1 Å². The maximum atomic E-state index is 13.4. The lowest BCUT2D eigenvalue weighted by Crippen LogP contribution is -2.53. The van der Waals surface area contributed by atoms with Crippen molar-refractivity contribution < 1.29 is 33.0 Å². The molecule has 11 heteroatoms. The normalized spacial score (nSPS) is 24.9. The standard InChI is InChI=1S/C31H32N3O7P/c1-4-39-42(37,40-5-2)17-38-16-31(36)14-23-33-21-12-8-6-10-18(21)25-26-20(15-32-29(26)35)24-19-11-7-9-13-22(19)34(28(24)27(25)33)30(31,3)41-23/h6-13,23,36H,4-5,14-17H2,1-3H3,(H,32,35)/t23-,30+,31+/m1/s1. The van der Waals surface area contributed by atoms with Gasteiger partial charge in [0.05, 0.1) is 47.5 Å². The van der Waals surface area contributed by atoms with Gasteiger partial charge in [0.15, 0.2) is 5.72 Å². The van der Waals surface area contributed by atoms with E-state index >= 15 is 0 Å². The molecule has 3 aromatic carbocycles. The highest BCUT2D eigenvalue weighted by molar-refractivity contribution is 7.53. The molecule has 1 fully saturated rings. The number of para-hydroxylation sites is 2. The summed E-state index contributed by atoms with van der Waals surface area (Å²) in [6, 6.07) is 16.1. The fraction of sp³-hybridized carbons (Fsp3) is 0.387. The zero-order valence-corrected chi connectivity index (χ0v) is 24.6. The number of aromatic nitrogens is 2. The number of amides is 1. The molecule has 1 saturated heterocycles. The van der Waals surface area contributed by atoms with Gasteiger partial charge in [-0.25, -0.2) is 0 Å². The van der Waals surface area contributed by atoms with Gasteiger partial charge in [0.1, 0.15) is 18.2 Å². The minimum atomic E-state index is -3.49. The first kappa shape index (κ1) is 26.4. The van der Waals surface area contributed by atoms with E-state index in [2.05, 4.69) is 20.5 Å². The monoisotopic (exact) mass is 589 g/mol. The largest absolute Gasteiger partial charge is 0.382 e. The van der Waals surface area contributed by atoms with Crippen molar-refractivity contribution in [2.45, 2.75) is 51.3 Å².